The second-order valence-corrected chi connectivity index (χ2v) is 6.81. The summed E-state index contributed by atoms with van der Waals surface area (Å²) in [7, 11) is 0. The van der Waals surface area contributed by atoms with Gasteiger partial charge in [-0.15, -0.1) is 0 Å². The van der Waals surface area contributed by atoms with E-state index in [0.717, 1.165) is 48.0 Å². The maximum absolute atomic E-state index is 13.0. The summed E-state index contributed by atoms with van der Waals surface area (Å²) in [4.78, 5) is 13.0. The minimum Gasteiger partial charge on any atom is -0.459 e. The number of aromatic nitrogens is 1. The highest BCUT2D eigenvalue weighted by molar-refractivity contribution is 6.06. The zero-order valence-corrected chi connectivity index (χ0v) is 14.6. The molecule has 4 rings (SSSR count). The topological polar surface area (TPSA) is 31.2 Å². The first kappa shape index (κ1) is 15.9. The van der Waals surface area contributed by atoms with E-state index in [4.69, 9.17) is 4.74 Å². The predicted octanol–water partition coefficient (Wildman–Crippen LogP) is 5.43. The predicted molar refractivity (Wildman–Crippen MR) is 100 cm³/mol. The van der Waals surface area contributed by atoms with Crippen molar-refractivity contribution in [3.05, 3.63) is 65.9 Å². The minimum absolute atomic E-state index is 0.0690. The number of fused-ring (bicyclic) bond motifs is 1. The summed E-state index contributed by atoms with van der Waals surface area (Å²) >= 11 is 0. The van der Waals surface area contributed by atoms with Crippen LogP contribution < -0.4 is 0 Å². The third kappa shape index (κ3) is 2.95. The molecule has 0 aliphatic heterocycles. The fourth-order valence-electron chi connectivity index (χ4n) is 3.93. The van der Waals surface area contributed by atoms with Crippen molar-refractivity contribution in [3.63, 3.8) is 0 Å². The maximum Gasteiger partial charge on any atom is 0.340 e. The number of hydrogen-bond acceptors (Lipinski definition) is 2. The smallest absolute Gasteiger partial charge is 0.340 e. The lowest BCUT2D eigenvalue weighted by Gasteiger charge is -2.21. The van der Waals surface area contributed by atoms with Gasteiger partial charge in [0.05, 0.1) is 11.1 Å². The van der Waals surface area contributed by atoms with Gasteiger partial charge < -0.3 is 9.30 Å². The Bertz CT molecular complexity index is 889. The molecule has 128 valence electrons. The molecule has 1 heterocycles. The van der Waals surface area contributed by atoms with Gasteiger partial charge in [0.1, 0.15) is 6.10 Å². The number of carbonyl (C=O) groups excluding carboxylic acids is 1. The van der Waals surface area contributed by atoms with Crippen molar-refractivity contribution < 1.29 is 9.53 Å². The van der Waals surface area contributed by atoms with E-state index in [2.05, 4.69) is 22.8 Å². The Kier molecular flexibility index (Phi) is 4.31. The van der Waals surface area contributed by atoms with E-state index in [1.165, 1.54) is 6.42 Å². The van der Waals surface area contributed by atoms with Gasteiger partial charge in [-0.3, -0.25) is 0 Å². The molecule has 3 nitrogen and oxygen atoms in total. The number of ether oxygens (including phenoxy) is 1. The van der Waals surface area contributed by atoms with Gasteiger partial charge in [0.25, 0.3) is 0 Å². The van der Waals surface area contributed by atoms with Crippen LogP contribution >= 0.6 is 0 Å². The molecule has 2 aromatic carbocycles. The molecule has 1 aliphatic rings. The average Bonchev–Trinajstić information content (AvgIpc) is 2.95. The van der Waals surface area contributed by atoms with Crippen LogP contribution in [0.2, 0.25) is 0 Å². The molecule has 0 N–H and O–H groups in total. The number of esters is 1. The van der Waals surface area contributed by atoms with Gasteiger partial charge in [0.15, 0.2) is 0 Å². The van der Waals surface area contributed by atoms with Crippen LogP contribution in [-0.4, -0.2) is 16.6 Å². The highest BCUT2D eigenvalue weighted by atomic mass is 16.5. The zero-order chi connectivity index (χ0) is 17.2. The molecule has 1 saturated carbocycles. The summed E-state index contributed by atoms with van der Waals surface area (Å²) in [6.07, 6.45) is 5.61. The van der Waals surface area contributed by atoms with Crippen LogP contribution in [0.4, 0.5) is 0 Å². The molecule has 0 bridgehead atoms. The SMILES string of the molecule is Cc1c(C(=O)OC2CCCCC2)c2ccccc2n1-c1ccccc1. The monoisotopic (exact) mass is 333 g/mol. The molecule has 0 radical (unpaired) electrons. The lowest BCUT2D eigenvalue weighted by atomic mass is 9.98. The fourth-order valence-corrected chi connectivity index (χ4v) is 3.93. The second kappa shape index (κ2) is 6.75. The molecular formula is C22H23NO2. The molecule has 0 spiro atoms. The molecule has 25 heavy (non-hydrogen) atoms. The first-order valence-electron chi connectivity index (χ1n) is 9.12. The Morgan fingerprint density at radius 3 is 2.40 bits per heavy atom. The molecule has 1 aromatic heterocycles. The third-order valence-corrected chi connectivity index (χ3v) is 5.16. The molecule has 0 unspecified atom stereocenters. The van der Waals surface area contributed by atoms with E-state index >= 15 is 0 Å². The van der Waals surface area contributed by atoms with Crippen molar-refractivity contribution in [3.8, 4) is 5.69 Å². The lowest BCUT2D eigenvalue weighted by molar-refractivity contribution is 0.0212. The van der Waals surface area contributed by atoms with E-state index in [1.807, 2.05) is 43.3 Å². The molecular weight excluding hydrogens is 310 g/mol. The van der Waals surface area contributed by atoms with Gasteiger partial charge in [-0.1, -0.05) is 42.8 Å². The number of nitrogens with zero attached hydrogens (tertiary/aromatic N) is 1. The molecule has 3 heteroatoms. The number of benzene rings is 2. The van der Waals surface area contributed by atoms with Gasteiger partial charge in [-0.2, -0.15) is 0 Å². The van der Waals surface area contributed by atoms with Crippen molar-refractivity contribution in [1.82, 2.24) is 4.57 Å². The molecule has 1 aliphatic carbocycles. The van der Waals surface area contributed by atoms with Crippen molar-refractivity contribution in [1.29, 1.82) is 0 Å². The van der Waals surface area contributed by atoms with Gasteiger partial charge in [-0.05, 0) is 50.8 Å². The summed E-state index contributed by atoms with van der Waals surface area (Å²) in [5, 5.41) is 0.963. The van der Waals surface area contributed by atoms with Gasteiger partial charge in [-0.25, -0.2) is 4.79 Å². The van der Waals surface area contributed by atoms with Crippen molar-refractivity contribution in [2.24, 2.45) is 0 Å². The molecule has 3 aromatic rings. The Labute approximate surface area is 148 Å². The lowest BCUT2D eigenvalue weighted by Crippen LogP contribution is -2.21. The van der Waals surface area contributed by atoms with Crippen molar-refractivity contribution in [2.45, 2.75) is 45.1 Å². The summed E-state index contributed by atoms with van der Waals surface area (Å²) in [5.41, 5.74) is 3.74. The van der Waals surface area contributed by atoms with Crippen LogP contribution in [0.1, 0.15) is 48.2 Å². The zero-order valence-electron chi connectivity index (χ0n) is 14.6. The fraction of sp³-hybridized carbons (Fsp3) is 0.318. The molecule has 0 atom stereocenters. The van der Waals surface area contributed by atoms with Crippen LogP contribution in [0.15, 0.2) is 54.6 Å². The summed E-state index contributed by atoms with van der Waals surface area (Å²) < 4.78 is 8.01. The van der Waals surface area contributed by atoms with Crippen molar-refractivity contribution >= 4 is 16.9 Å². The standard InChI is InChI=1S/C22H23NO2/c1-16-21(22(24)25-18-12-6-3-7-13-18)19-14-8-9-15-20(19)23(16)17-10-4-2-5-11-17/h2,4-5,8-11,14-15,18H,3,6-7,12-13H2,1H3. The summed E-state index contributed by atoms with van der Waals surface area (Å²) in [5.74, 6) is -0.185. The Morgan fingerprint density at radius 1 is 0.960 bits per heavy atom. The van der Waals surface area contributed by atoms with Gasteiger partial charge >= 0.3 is 5.97 Å². The summed E-state index contributed by atoms with van der Waals surface area (Å²) in [6.45, 7) is 2.00. The van der Waals surface area contributed by atoms with Crippen LogP contribution in [0.25, 0.3) is 16.6 Å². The summed E-state index contributed by atoms with van der Waals surface area (Å²) in [6, 6.07) is 18.2. The Hall–Kier alpha value is -2.55. The minimum atomic E-state index is -0.185. The average molecular weight is 333 g/mol. The van der Waals surface area contributed by atoms with E-state index in [1.54, 1.807) is 0 Å². The number of hydrogen-bond donors (Lipinski definition) is 0. The third-order valence-electron chi connectivity index (χ3n) is 5.16. The van der Waals surface area contributed by atoms with Crippen LogP contribution in [0, 0.1) is 6.92 Å². The molecule has 0 saturated heterocycles. The highest BCUT2D eigenvalue weighted by Gasteiger charge is 2.25. The highest BCUT2D eigenvalue weighted by Crippen LogP contribution is 2.31. The van der Waals surface area contributed by atoms with Crippen molar-refractivity contribution in [2.75, 3.05) is 0 Å². The van der Waals surface area contributed by atoms with Gasteiger partial charge in [0.2, 0.25) is 0 Å². The molecule has 1 fully saturated rings. The van der Waals surface area contributed by atoms with E-state index < -0.39 is 0 Å². The van der Waals surface area contributed by atoms with Crippen LogP contribution in [0.3, 0.4) is 0 Å². The number of para-hydroxylation sites is 2. The molecule has 0 amide bonds. The van der Waals surface area contributed by atoms with Gasteiger partial charge in [0, 0.05) is 16.8 Å². The Morgan fingerprint density at radius 2 is 1.64 bits per heavy atom. The maximum atomic E-state index is 13.0. The van der Waals surface area contributed by atoms with E-state index in [9.17, 15) is 4.79 Å². The quantitative estimate of drug-likeness (QED) is 0.599. The van der Waals surface area contributed by atoms with E-state index in [0.29, 0.717) is 5.56 Å². The first-order chi connectivity index (χ1) is 12.3. The number of rotatable bonds is 3. The Balaban J connectivity index is 1.79. The first-order valence-corrected chi connectivity index (χ1v) is 9.12. The second-order valence-electron chi connectivity index (χ2n) is 6.81. The normalized spacial score (nSPS) is 15.4. The van der Waals surface area contributed by atoms with Crippen LogP contribution in [0.5, 0.6) is 0 Å². The van der Waals surface area contributed by atoms with Crippen LogP contribution in [-0.2, 0) is 4.74 Å². The number of carbonyl (C=O) groups is 1. The largest absolute Gasteiger partial charge is 0.459 e. The van der Waals surface area contributed by atoms with E-state index in [-0.39, 0.29) is 12.1 Å².